The van der Waals surface area contributed by atoms with Gasteiger partial charge in [-0.2, -0.15) is 5.10 Å². The van der Waals surface area contributed by atoms with Crippen molar-refractivity contribution >= 4 is 10.9 Å². The van der Waals surface area contributed by atoms with Crippen molar-refractivity contribution in [1.82, 2.24) is 14.3 Å². The van der Waals surface area contributed by atoms with Crippen molar-refractivity contribution in [2.45, 2.75) is 6.54 Å². The van der Waals surface area contributed by atoms with Crippen molar-refractivity contribution in [1.29, 1.82) is 0 Å². The number of hydrogen-bond donors (Lipinski definition) is 1. The Hall–Kier alpha value is -2.07. The Balaban J connectivity index is 2.25. The Kier molecular flexibility index (Phi) is 2.45. The van der Waals surface area contributed by atoms with Gasteiger partial charge in [0.2, 0.25) is 0 Å². The molecule has 3 aromatic rings. The summed E-state index contributed by atoms with van der Waals surface area (Å²) in [6, 6.07) is 10.4. The van der Waals surface area contributed by atoms with Crippen LogP contribution < -0.4 is 5.73 Å². The maximum atomic E-state index is 5.69. The van der Waals surface area contributed by atoms with Crippen LogP contribution in [0.2, 0.25) is 0 Å². The Morgan fingerprint density at radius 2 is 2.00 bits per heavy atom. The Morgan fingerprint density at radius 1 is 1.22 bits per heavy atom. The van der Waals surface area contributed by atoms with Gasteiger partial charge in [0.25, 0.3) is 0 Å². The number of nitrogens with zero attached hydrogens (tertiary/aromatic N) is 3. The molecule has 0 spiro atoms. The van der Waals surface area contributed by atoms with E-state index in [0.29, 0.717) is 6.54 Å². The Bertz CT molecular complexity index is 706. The minimum Gasteiger partial charge on any atom is -0.350 e. The zero-order valence-electron chi connectivity index (χ0n) is 10.6. The SMILES string of the molecule is Cn1nc(-c2cn(C)c3ccccc23)cc1CN. The van der Waals surface area contributed by atoms with Crippen molar-refractivity contribution in [2.75, 3.05) is 0 Å². The van der Waals surface area contributed by atoms with Crippen LogP contribution in [0.15, 0.2) is 36.5 Å². The lowest BCUT2D eigenvalue weighted by molar-refractivity contribution is 0.714. The number of benzene rings is 1. The molecule has 2 aromatic heterocycles. The quantitative estimate of drug-likeness (QED) is 0.745. The molecule has 0 saturated carbocycles. The third-order valence-electron chi connectivity index (χ3n) is 3.36. The Labute approximate surface area is 106 Å². The topological polar surface area (TPSA) is 48.8 Å². The zero-order chi connectivity index (χ0) is 12.7. The molecule has 0 saturated heterocycles. The molecule has 0 unspecified atom stereocenters. The lowest BCUT2D eigenvalue weighted by Gasteiger charge is -1.94. The van der Waals surface area contributed by atoms with Gasteiger partial charge in [-0.15, -0.1) is 0 Å². The van der Waals surface area contributed by atoms with E-state index in [1.54, 1.807) is 0 Å². The summed E-state index contributed by atoms with van der Waals surface area (Å²) in [5.74, 6) is 0. The van der Waals surface area contributed by atoms with Crippen LogP contribution in [0.3, 0.4) is 0 Å². The lowest BCUT2D eigenvalue weighted by atomic mass is 10.1. The van der Waals surface area contributed by atoms with E-state index in [0.717, 1.165) is 17.0 Å². The van der Waals surface area contributed by atoms with E-state index >= 15 is 0 Å². The number of para-hydroxylation sites is 1. The minimum atomic E-state index is 0.508. The molecule has 92 valence electrons. The minimum absolute atomic E-state index is 0.508. The molecule has 4 heteroatoms. The van der Waals surface area contributed by atoms with Crippen molar-refractivity contribution in [3.05, 3.63) is 42.2 Å². The molecule has 0 bridgehead atoms. The van der Waals surface area contributed by atoms with Crippen LogP contribution in [0.25, 0.3) is 22.2 Å². The van der Waals surface area contributed by atoms with Gasteiger partial charge in [-0.05, 0) is 12.1 Å². The van der Waals surface area contributed by atoms with Gasteiger partial charge in [0.15, 0.2) is 0 Å². The fourth-order valence-electron chi connectivity index (χ4n) is 2.37. The van der Waals surface area contributed by atoms with Crippen molar-refractivity contribution < 1.29 is 0 Å². The summed E-state index contributed by atoms with van der Waals surface area (Å²) < 4.78 is 3.97. The van der Waals surface area contributed by atoms with E-state index < -0.39 is 0 Å². The molecule has 0 aliphatic carbocycles. The van der Waals surface area contributed by atoms with Crippen LogP contribution in [0, 0.1) is 0 Å². The molecule has 4 nitrogen and oxygen atoms in total. The summed E-state index contributed by atoms with van der Waals surface area (Å²) in [5.41, 5.74) is 10.1. The summed E-state index contributed by atoms with van der Waals surface area (Å²) in [7, 11) is 3.98. The standard InChI is InChI=1S/C14H16N4/c1-17-9-12(11-5-3-4-6-14(11)17)13-7-10(8-15)18(2)16-13/h3-7,9H,8,15H2,1-2H3. The molecule has 0 amide bonds. The number of aromatic nitrogens is 3. The van der Waals surface area contributed by atoms with Crippen LogP contribution in [0.1, 0.15) is 5.69 Å². The molecule has 0 aliphatic heterocycles. The van der Waals surface area contributed by atoms with Gasteiger partial charge in [-0.3, -0.25) is 4.68 Å². The fraction of sp³-hybridized carbons (Fsp3) is 0.214. The first kappa shape index (κ1) is 11.0. The second-order valence-electron chi connectivity index (χ2n) is 4.52. The van der Waals surface area contributed by atoms with Crippen molar-refractivity contribution in [3.63, 3.8) is 0 Å². The molecule has 0 atom stereocenters. The maximum Gasteiger partial charge on any atom is 0.0947 e. The van der Waals surface area contributed by atoms with Crippen LogP contribution in [-0.2, 0) is 20.6 Å². The van der Waals surface area contributed by atoms with E-state index in [9.17, 15) is 0 Å². The maximum absolute atomic E-state index is 5.69. The van der Waals surface area contributed by atoms with E-state index in [2.05, 4.69) is 53.2 Å². The number of hydrogen-bond acceptors (Lipinski definition) is 2. The van der Waals surface area contributed by atoms with Crippen LogP contribution in [-0.4, -0.2) is 14.3 Å². The van der Waals surface area contributed by atoms with E-state index in [-0.39, 0.29) is 0 Å². The first-order valence-corrected chi connectivity index (χ1v) is 5.98. The second-order valence-corrected chi connectivity index (χ2v) is 4.52. The predicted molar refractivity (Wildman–Crippen MR) is 73.0 cm³/mol. The average molecular weight is 240 g/mol. The summed E-state index contributed by atoms with van der Waals surface area (Å²) in [4.78, 5) is 0. The molecule has 18 heavy (non-hydrogen) atoms. The largest absolute Gasteiger partial charge is 0.350 e. The molecular weight excluding hydrogens is 224 g/mol. The number of aryl methyl sites for hydroxylation is 2. The van der Waals surface area contributed by atoms with E-state index in [1.165, 1.54) is 10.9 Å². The Morgan fingerprint density at radius 3 is 2.72 bits per heavy atom. The average Bonchev–Trinajstić information content (AvgIpc) is 2.91. The number of rotatable bonds is 2. The number of nitrogens with two attached hydrogens (primary N) is 1. The first-order valence-electron chi connectivity index (χ1n) is 5.98. The normalized spacial score (nSPS) is 11.3. The summed E-state index contributed by atoms with van der Waals surface area (Å²) in [5, 5.41) is 5.76. The van der Waals surface area contributed by atoms with Gasteiger partial charge in [0.05, 0.1) is 11.4 Å². The highest BCUT2D eigenvalue weighted by Crippen LogP contribution is 2.29. The molecule has 1 aromatic carbocycles. The van der Waals surface area contributed by atoms with E-state index in [4.69, 9.17) is 5.73 Å². The van der Waals surface area contributed by atoms with Gasteiger partial charge in [0, 0.05) is 43.3 Å². The van der Waals surface area contributed by atoms with Gasteiger partial charge in [-0.1, -0.05) is 18.2 Å². The molecule has 3 rings (SSSR count). The van der Waals surface area contributed by atoms with Gasteiger partial charge >= 0.3 is 0 Å². The first-order chi connectivity index (χ1) is 8.70. The summed E-state index contributed by atoms with van der Waals surface area (Å²) >= 11 is 0. The van der Waals surface area contributed by atoms with Gasteiger partial charge < -0.3 is 10.3 Å². The second kappa shape index (κ2) is 3.99. The molecular formula is C14H16N4. The molecule has 0 radical (unpaired) electrons. The smallest absolute Gasteiger partial charge is 0.0947 e. The highest BCUT2D eigenvalue weighted by atomic mass is 15.3. The molecule has 0 aliphatic rings. The summed E-state index contributed by atoms with van der Waals surface area (Å²) in [6.07, 6.45) is 2.12. The van der Waals surface area contributed by atoms with Crippen LogP contribution in [0.4, 0.5) is 0 Å². The third-order valence-corrected chi connectivity index (χ3v) is 3.36. The van der Waals surface area contributed by atoms with E-state index in [1.807, 2.05) is 11.7 Å². The highest BCUT2D eigenvalue weighted by Gasteiger charge is 2.12. The molecule has 0 fully saturated rings. The third kappa shape index (κ3) is 1.54. The van der Waals surface area contributed by atoms with Crippen LogP contribution in [0.5, 0.6) is 0 Å². The zero-order valence-corrected chi connectivity index (χ0v) is 10.6. The predicted octanol–water partition coefficient (Wildman–Crippen LogP) is 2.04. The summed E-state index contributed by atoms with van der Waals surface area (Å²) in [6.45, 7) is 0.508. The highest BCUT2D eigenvalue weighted by molar-refractivity contribution is 5.95. The lowest BCUT2D eigenvalue weighted by Crippen LogP contribution is -2.03. The van der Waals surface area contributed by atoms with Gasteiger partial charge in [0.1, 0.15) is 0 Å². The van der Waals surface area contributed by atoms with Gasteiger partial charge in [-0.25, -0.2) is 0 Å². The number of fused-ring (bicyclic) bond motifs is 1. The molecule has 2 N–H and O–H groups in total. The fourth-order valence-corrected chi connectivity index (χ4v) is 2.37. The van der Waals surface area contributed by atoms with Crippen molar-refractivity contribution in [3.8, 4) is 11.3 Å². The monoisotopic (exact) mass is 240 g/mol. The molecule has 2 heterocycles. The van der Waals surface area contributed by atoms with Crippen LogP contribution >= 0.6 is 0 Å². The van der Waals surface area contributed by atoms with Crippen molar-refractivity contribution in [2.24, 2.45) is 19.8 Å².